The standard InChI is InChI=1S/C16H8ClFN2O3S2/c17-13-6-5-12(20(22)23)7-9(13)8-14-15(21)19(16(24)25-14)11-3-1-10(18)2-4-11/h1-8H/b14-8-. The molecule has 0 N–H and O–H groups in total. The molecular weight excluding hydrogens is 387 g/mol. The van der Waals surface area contributed by atoms with Gasteiger partial charge in [0.25, 0.3) is 11.6 Å². The molecule has 0 spiro atoms. The maximum Gasteiger partial charge on any atom is 0.270 e. The molecule has 0 unspecified atom stereocenters. The van der Waals surface area contributed by atoms with Crippen molar-refractivity contribution >= 4 is 63.3 Å². The van der Waals surface area contributed by atoms with Gasteiger partial charge >= 0.3 is 0 Å². The summed E-state index contributed by atoms with van der Waals surface area (Å²) in [5, 5.41) is 11.2. The van der Waals surface area contributed by atoms with Crippen molar-refractivity contribution in [2.24, 2.45) is 0 Å². The van der Waals surface area contributed by atoms with Gasteiger partial charge < -0.3 is 0 Å². The second kappa shape index (κ2) is 6.91. The minimum Gasteiger partial charge on any atom is -0.268 e. The molecule has 25 heavy (non-hydrogen) atoms. The molecule has 2 aromatic rings. The van der Waals surface area contributed by atoms with Crippen molar-refractivity contribution in [2.45, 2.75) is 0 Å². The van der Waals surface area contributed by atoms with E-state index in [1.165, 1.54) is 53.4 Å². The summed E-state index contributed by atoms with van der Waals surface area (Å²) in [5.74, 6) is -0.822. The van der Waals surface area contributed by atoms with Crippen LogP contribution < -0.4 is 4.90 Å². The lowest BCUT2D eigenvalue weighted by Gasteiger charge is -2.14. The zero-order chi connectivity index (χ0) is 18.1. The number of benzene rings is 2. The van der Waals surface area contributed by atoms with Gasteiger partial charge in [0.2, 0.25) is 0 Å². The summed E-state index contributed by atoms with van der Waals surface area (Å²) < 4.78 is 13.3. The lowest BCUT2D eigenvalue weighted by atomic mass is 10.2. The Kier molecular flexibility index (Phi) is 4.85. The Bertz CT molecular complexity index is 931. The number of non-ortho nitro benzene ring substituents is 1. The topological polar surface area (TPSA) is 63.4 Å². The molecule has 126 valence electrons. The van der Waals surface area contributed by atoms with Gasteiger partial charge in [-0.3, -0.25) is 19.8 Å². The molecule has 3 rings (SSSR count). The molecule has 1 aliphatic heterocycles. The minimum atomic E-state index is -0.544. The number of nitro benzene ring substituents is 1. The van der Waals surface area contributed by atoms with Crippen molar-refractivity contribution in [3.63, 3.8) is 0 Å². The van der Waals surface area contributed by atoms with Gasteiger partial charge in [-0.05, 0) is 36.4 Å². The van der Waals surface area contributed by atoms with E-state index in [-0.39, 0.29) is 19.9 Å². The smallest absolute Gasteiger partial charge is 0.268 e. The third kappa shape index (κ3) is 3.55. The Hall–Kier alpha value is -2.29. The first-order valence-corrected chi connectivity index (χ1v) is 8.44. The Morgan fingerprint density at radius 2 is 1.92 bits per heavy atom. The first-order chi connectivity index (χ1) is 11.9. The van der Waals surface area contributed by atoms with Gasteiger partial charge in [0.15, 0.2) is 4.32 Å². The van der Waals surface area contributed by atoms with Gasteiger partial charge in [0.05, 0.1) is 15.5 Å². The van der Waals surface area contributed by atoms with Crippen LogP contribution in [0.3, 0.4) is 0 Å². The van der Waals surface area contributed by atoms with E-state index in [1.54, 1.807) is 0 Å². The van der Waals surface area contributed by atoms with Crippen LogP contribution in [0.4, 0.5) is 15.8 Å². The van der Waals surface area contributed by atoms with Gasteiger partial charge in [0, 0.05) is 22.7 Å². The number of halogens is 2. The van der Waals surface area contributed by atoms with E-state index >= 15 is 0 Å². The molecule has 1 saturated heterocycles. The molecule has 0 bridgehead atoms. The van der Waals surface area contributed by atoms with Crippen LogP contribution in [0.5, 0.6) is 0 Å². The molecule has 0 aromatic heterocycles. The van der Waals surface area contributed by atoms with Crippen molar-refractivity contribution in [3.05, 3.63) is 73.9 Å². The third-order valence-corrected chi connectivity index (χ3v) is 5.00. The number of anilines is 1. The number of hydrogen-bond acceptors (Lipinski definition) is 5. The molecule has 0 atom stereocenters. The second-order valence-electron chi connectivity index (χ2n) is 4.96. The monoisotopic (exact) mass is 394 g/mol. The SMILES string of the molecule is O=C1/C(=C/c2cc([N+](=O)[O-])ccc2Cl)SC(=S)N1c1ccc(F)cc1. The molecule has 0 saturated carbocycles. The summed E-state index contributed by atoms with van der Waals surface area (Å²) in [5.41, 5.74) is 0.651. The van der Waals surface area contributed by atoms with Crippen LogP contribution in [0.2, 0.25) is 5.02 Å². The minimum absolute atomic E-state index is 0.135. The average molecular weight is 395 g/mol. The fourth-order valence-electron chi connectivity index (χ4n) is 2.18. The molecule has 1 heterocycles. The first-order valence-electron chi connectivity index (χ1n) is 6.84. The number of nitro groups is 1. The van der Waals surface area contributed by atoms with E-state index in [4.69, 9.17) is 23.8 Å². The Morgan fingerprint density at radius 3 is 2.56 bits per heavy atom. The van der Waals surface area contributed by atoms with E-state index in [2.05, 4.69) is 0 Å². The normalized spacial score (nSPS) is 15.9. The van der Waals surface area contributed by atoms with Crippen molar-refractivity contribution in [1.82, 2.24) is 0 Å². The highest BCUT2D eigenvalue weighted by molar-refractivity contribution is 8.27. The molecule has 0 aliphatic carbocycles. The highest BCUT2D eigenvalue weighted by Gasteiger charge is 2.33. The lowest BCUT2D eigenvalue weighted by Crippen LogP contribution is -2.27. The Labute approximate surface area is 156 Å². The summed E-state index contributed by atoms with van der Waals surface area (Å²) in [7, 11) is 0. The number of nitrogens with zero attached hydrogens (tertiary/aromatic N) is 2. The summed E-state index contributed by atoms with van der Waals surface area (Å²) in [6, 6.07) is 9.32. The van der Waals surface area contributed by atoms with Crippen molar-refractivity contribution in [2.75, 3.05) is 4.90 Å². The molecule has 1 amide bonds. The van der Waals surface area contributed by atoms with Crippen LogP contribution >= 0.6 is 35.6 Å². The lowest BCUT2D eigenvalue weighted by molar-refractivity contribution is -0.384. The van der Waals surface area contributed by atoms with Crippen LogP contribution in [0.15, 0.2) is 47.4 Å². The summed E-state index contributed by atoms with van der Waals surface area (Å²) in [6.45, 7) is 0. The number of rotatable bonds is 3. The number of carbonyl (C=O) groups excluding carboxylic acids is 1. The van der Waals surface area contributed by atoms with Gasteiger partial charge in [-0.1, -0.05) is 35.6 Å². The van der Waals surface area contributed by atoms with Gasteiger partial charge in [-0.15, -0.1) is 0 Å². The van der Waals surface area contributed by atoms with Crippen LogP contribution in [-0.4, -0.2) is 15.2 Å². The van der Waals surface area contributed by atoms with E-state index in [0.717, 1.165) is 11.8 Å². The third-order valence-electron chi connectivity index (χ3n) is 3.36. The highest BCUT2D eigenvalue weighted by Crippen LogP contribution is 2.37. The molecule has 5 nitrogen and oxygen atoms in total. The summed E-state index contributed by atoms with van der Waals surface area (Å²) >= 11 is 12.3. The molecule has 1 aliphatic rings. The number of hydrogen-bond donors (Lipinski definition) is 0. The van der Waals surface area contributed by atoms with Gasteiger partial charge in [0.1, 0.15) is 5.82 Å². The predicted octanol–water partition coefficient (Wildman–Crippen LogP) is 4.79. The number of carbonyl (C=O) groups is 1. The number of thiocarbonyl (C=S) groups is 1. The largest absolute Gasteiger partial charge is 0.270 e. The predicted molar refractivity (Wildman–Crippen MR) is 100 cm³/mol. The first kappa shape index (κ1) is 17.5. The highest BCUT2D eigenvalue weighted by atomic mass is 35.5. The zero-order valence-corrected chi connectivity index (χ0v) is 14.7. The van der Waals surface area contributed by atoms with Gasteiger partial charge in [-0.25, -0.2) is 4.39 Å². The Morgan fingerprint density at radius 1 is 1.24 bits per heavy atom. The fourth-order valence-corrected chi connectivity index (χ4v) is 3.64. The Balaban J connectivity index is 1.97. The van der Waals surface area contributed by atoms with Crippen molar-refractivity contribution < 1.29 is 14.1 Å². The average Bonchev–Trinajstić information content (AvgIpc) is 2.84. The summed E-state index contributed by atoms with van der Waals surface area (Å²) in [4.78, 5) is 24.5. The van der Waals surface area contributed by atoms with Crippen LogP contribution in [0.25, 0.3) is 6.08 Å². The van der Waals surface area contributed by atoms with Crippen molar-refractivity contribution in [1.29, 1.82) is 0 Å². The van der Waals surface area contributed by atoms with E-state index in [1.807, 2.05) is 0 Å². The molecule has 1 fully saturated rings. The van der Waals surface area contributed by atoms with E-state index < -0.39 is 16.6 Å². The number of amides is 1. The molecule has 9 heteroatoms. The molecule has 2 aromatic carbocycles. The van der Waals surface area contributed by atoms with Crippen LogP contribution in [0.1, 0.15) is 5.56 Å². The zero-order valence-electron chi connectivity index (χ0n) is 12.3. The fraction of sp³-hybridized carbons (Fsp3) is 0. The maximum atomic E-state index is 13.1. The van der Waals surface area contributed by atoms with Crippen LogP contribution in [-0.2, 0) is 4.79 Å². The van der Waals surface area contributed by atoms with Crippen molar-refractivity contribution in [3.8, 4) is 0 Å². The van der Waals surface area contributed by atoms with Gasteiger partial charge in [-0.2, -0.15) is 0 Å². The van der Waals surface area contributed by atoms with Crippen LogP contribution in [0, 0.1) is 15.9 Å². The molecular formula is C16H8ClFN2O3S2. The van der Waals surface area contributed by atoms with E-state index in [9.17, 15) is 19.3 Å². The number of thioether (sulfide) groups is 1. The quantitative estimate of drug-likeness (QED) is 0.324. The van der Waals surface area contributed by atoms with E-state index in [0.29, 0.717) is 11.3 Å². The molecule has 0 radical (unpaired) electrons. The second-order valence-corrected chi connectivity index (χ2v) is 7.04. The summed E-state index contributed by atoms with van der Waals surface area (Å²) in [6.07, 6.45) is 1.46. The maximum absolute atomic E-state index is 13.1.